The lowest BCUT2D eigenvalue weighted by Gasteiger charge is -2.23. The maximum Gasteiger partial charge on any atom is 0.261 e. The Balaban J connectivity index is 0.00000280. The van der Waals surface area contributed by atoms with Crippen LogP contribution in [0.5, 0.6) is 0 Å². The van der Waals surface area contributed by atoms with Crippen LogP contribution in [0.25, 0.3) is 0 Å². The van der Waals surface area contributed by atoms with Crippen LogP contribution in [-0.2, 0) is 10.0 Å². The Morgan fingerprint density at radius 3 is 2.61 bits per heavy atom. The number of benzene rings is 2. The van der Waals surface area contributed by atoms with Gasteiger partial charge in [0.1, 0.15) is 0 Å². The summed E-state index contributed by atoms with van der Waals surface area (Å²) in [4.78, 5) is 14.0. The summed E-state index contributed by atoms with van der Waals surface area (Å²) in [7, 11) is -4.13. The minimum Gasteiger partial charge on any atom is -0.334 e. The molecule has 1 saturated heterocycles. The van der Waals surface area contributed by atoms with Crippen LogP contribution in [-0.4, -0.2) is 38.4 Å². The molecule has 1 fully saturated rings. The van der Waals surface area contributed by atoms with Crippen LogP contribution in [0.15, 0.2) is 47.4 Å². The lowest BCUT2D eigenvalue weighted by atomic mass is 10.1. The van der Waals surface area contributed by atoms with E-state index in [9.17, 15) is 22.0 Å². The number of nitrogens with two attached hydrogens (primary N) is 1. The normalized spacial score (nSPS) is 16.5. The molecule has 1 aliphatic rings. The van der Waals surface area contributed by atoms with Crippen molar-refractivity contribution < 1.29 is 22.0 Å². The molecule has 0 aliphatic carbocycles. The SMILES string of the molecule is Cl.NCC1CCCN1C(=O)c1cccc(NS(=O)(=O)c2ccc(F)c(F)c2)c1. The Kier molecular flexibility index (Phi) is 6.97. The molecule has 0 saturated carbocycles. The predicted molar refractivity (Wildman–Crippen MR) is 104 cm³/mol. The van der Waals surface area contributed by atoms with Gasteiger partial charge in [0.15, 0.2) is 11.6 Å². The van der Waals surface area contributed by atoms with Gasteiger partial charge in [-0.3, -0.25) is 9.52 Å². The van der Waals surface area contributed by atoms with Crippen LogP contribution in [0.3, 0.4) is 0 Å². The highest BCUT2D eigenvalue weighted by molar-refractivity contribution is 7.92. The Hall–Kier alpha value is -2.23. The van der Waals surface area contributed by atoms with E-state index in [1.165, 1.54) is 12.1 Å². The summed E-state index contributed by atoms with van der Waals surface area (Å²) >= 11 is 0. The third kappa shape index (κ3) is 4.60. The van der Waals surface area contributed by atoms with Gasteiger partial charge < -0.3 is 10.6 Å². The van der Waals surface area contributed by atoms with E-state index in [0.29, 0.717) is 24.7 Å². The molecular weight excluding hydrogens is 412 g/mol. The second-order valence-electron chi connectivity index (χ2n) is 6.29. The van der Waals surface area contributed by atoms with E-state index in [-0.39, 0.29) is 30.0 Å². The molecule has 0 radical (unpaired) electrons. The first-order chi connectivity index (χ1) is 12.8. The number of nitrogens with one attached hydrogen (secondary N) is 1. The molecular formula is C18H20ClF2N3O3S. The van der Waals surface area contributed by atoms with E-state index in [2.05, 4.69) is 4.72 Å². The van der Waals surface area contributed by atoms with Crippen LogP contribution in [0.1, 0.15) is 23.2 Å². The Morgan fingerprint density at radius 1 is 1.18 bits per heavy atom. The van der Waals surface area contributed by atoms with Crippen molar-refractivity contribution in [3.63, 3.8) is 0 Å². The fourth-order valence-corrected chi connectivity index (χ4v) is 4.15. The number of rotatable bonds is 5. The maximum atomic E-state index is 13.3. The molecule has 1 atom stereocenters. The van der Waals surface area contributed by atoms with Crippen molar-refractivity contribution in [2.24, 2.45) is 5.73 Å². The van der Waals surface area contributed by atoms with Gasteiger partial charge in [-0.15, -0.1) is 12.4 Å². The molecule has 0 spiro atoms. The zero-order valence-electron chi connectivity index (χ0n) is 14.8. The van der Waals surface area contributed by atoms with E-state index in [4.69, 9.17) is 5.73 Å². The number of carbonyl (C=O) groups excluding carboxylic acids is 1. The fraction of sp³-hybridized carbons (Fsp3) is 0.278. The highest BCUT2D eigenvalue weighted by Gasteiger charge is 2.28. The summed E-state index contributed by atoms with van der Waals surface area (Å²) in [6.07, 6.45) is 1.71. The molecule has 0 bridgehead atoms. The predicted octanol–water partition coefficient (Wildman–Crippen LogP) is 2.75. The van der Waals surface area contributed by atoms with Crippen LogP contribution in [0, 0.1) is 11.6 Å². The quantitative estimate of drug-likeness (QED) is 0.761. The minimum atomic E-state index is -4.13. The first-order valence-corrected chi connectivity index (χ1v) is 9.89. The summed E-state index contributed by atoms with van der Waals surface area (Å²) in [6.45, 7) is 0.972. The number of likely N-dealkylation sites (tertiary alicyclic amines) is 1. The minimum absolute atomic E-state index is 0. The average Bonchev–Trinajstić information content (AvgIpc) is 3.12. The van der Waals surface area contributed by atoms with Crippen molar-refractivity contribution in [1.82, 2.24) is 4.90 Å². The fourth-order valence-electron chi connectivity index (χ4n) is 3.09. The highest BCUT2D eigenvalue weighted by Crippen LogP contribution is 2.23. The van der Waals surface area contributed by atoms with E-state index in [1.54, 1.807) is 17.0 Å². The highest BCUT2D eigenvalue weighted by atomic mass is 35.5. The topological polar surface area (TPSA) is 92.5 Å². The van der Waals surface area contributed by atoms with Crippen LogP contribution in [0.2, 0.25) is 0 Å². The molecule has 3 rings (SSSR count). The smallest absolute Gasteiger partial charge is 0.261 e. The van der Waals surface area contributed by atoms with Crippen molar-refractivity contribution in [1.29, 1.82) is 0 Å². The van der Waals surface area contributed by atoms with Gasteiger partial charge in [-0.05, 0) is 49.2 Å². The first kappa shape index (κ1) is 22.1. The molecule has 1 heterocycles. The number of hydrogen-bond donors (Lipinski definition) is 2. The Morgan fingerprint density at radius 2 is 1.93 bits per heavy atom. The molecule has 1 unspecified atom stereocenters. The number of amides is 1. The molecule has 3 N–H and O–H groups in total. The standard InChI is InChI=1S/C18H19F2N3O3S.ClH/c19-16-7-6-15(10-17(16)20)27(25,26)22-13-4-1-3-12(9-13)18(24)23-8-2-5-14(23)11-21;/h1,3-4,6-7,9-10,14,22H,2,5,8,11,21H2;1H. The van der Waals surface area contributed by atoms with Crippen molar-refractivity contribution >= 4 is 34.0 Å². The zero-order valence-corrected chi connectivity index (χ0v) is 16.4. The van der Waals surface area contributed by atoms with Crippen LogP contribution >= 0.6 is 12.4 Å². The van der Waals surface area contributed by atoms with E-state index >= 15 is 0 Å². The molecule has 2 aromatic carbocycles. The van der Waals surface area contributed by atoms with Crippen LogP contribution in [0.4, 0.5) is 14.5 Å². The molecule has 2 aromatic rings. The maximum absolute atomic E-state index is 13.3. The number of anilines is 1. The van der Waals surface area contributed by atoms with Crippen molar-refractivity contribution in [2.75, 3.05) is 17.8 Å². The van der Waals surface area contributed by atoms with Crippen molar-refractivity contribution in [2.45, 2.75) is 23.8 Å². The van der Waals surface area contributed by atoms with Crippen molar-refractivity contribution in [3.05, 3.63) is 59.7 Å². The summed E-state index contributed by atoms with van der Waals surface area (Å²) < 4.78 is 53.4. The third-order valence-electron chi connectivity index (χ3n) is 4.47. The van der Waals surface area contributed by atoms with Gasteiger partial charge in [0.2, 0.25) is 0 Å². The lowest BCUT2D eigenvalue weighted by molar-refractivity contribution is 0.0741. The lowest BCUT2D eigenvalue weighted by Crippen LogP contribution is -2.39. The van der Waals surface area contributed by atoms with Gasteiger partial charge in [0.05, 0.1) is 4.90 Å². The number of carbonyl (C=O) groups is 1. The van der Waals surface area contributed by atoms with E-state index in [1.807, 2.05) is 0 Å². The van der Waals surface area contributed by atoms with Gasteiger partial charge in [0, 0.05) is 30.4 Å². The summed E-state index contributed by atoms with van der Waals surface area (Å²) in [5.74, 6) is -2.62. The number of sulfonamides is 1. The largest absolute Gasteiger partial charge is 0.334 e. The monoisotopic (exact) mass is 431 g/mol. The van der Waals surface area contributed by atoms with Crippen molar-refractivity contribution in [3.8, 4) is 0 Å². The second-order valence-corrected chi connectivity index (χ2v) is 7.97. The first-order valence-electron chi connectivity index (χ1n) is 8.41. The molecule has 1 aliphatic heterocycles. The second kappa shape index (κ2) is 8.85. The molecule has 10 heteroatoms. The van der Waals surface area contributed by atoms with Gasteiger partial charge in [-0.2, -0.15) is 0 Å². The van der Waals surface area contributed by atoms with Gasteiger partial charge in [0.25, 0.3) is 15.9 Å². The van der Waals surface area contributed by atoms with Gasteiger partial charge in [-0.1, -0.05) is 6.07 Å². The summed E-state index contributed by atoms with van der Waals surface area (Å²) in [6, 6.07) is 8.29. The number of halogens is 3. The number of hydrogen-bond acceptors (Lipinski definition) is 4. The molecule has 28 heavy (non-hydrogen) atoms. The number of nitrogens with zero attached hydrogens (tertiary/aromatic N) is 1. The van der Waals surface area contributed by atoms with E-state index in [0.717, 1.165) is 25.0 Å². The van der Waals surface area contributed by atoms with E-state index < -0.39 is 26.6 Å². The Bertz CT molecular complexity index is 972. The molecule has 152 valence electrons. The Labute approximate surface area is 168 Å². The molecule has 6 nitrogen and oxygen atoms in total. The molecule has 0 aromatic heterocycles. The average molecular weight is 432 g/mol. The zero-order chi connectivity index (χ0) is 19.6. The van der Waals surface area contributed by atoms with Crippen LogP contribution < -0.4 is 10.5 Å². The summed E-state index contributed by atoms with van der Waals surface area (Å²) in [5.41, 5.74) is 6.17. The molecule has 1 amide bonds. The van der Waals surface area contributed by atoms with Gasteiger partial charge in [-0.25, -0.2) is 17.2 Å². The third-order valence-corrected chi connectivity index (χ3v) is 5.85. The summed E-state index contributed by atoms with van der Waals surface area (Å²) in [5, 5.41) is 0. The van der Waals surface area contributed by atoms with Gasteiger partial charge >= 0.3 is 0 Å².